The standard InChI is InChI=1S/C14H11FN2O3S/c1-20-12-7-9(4-5-11(12)15)13(19)17-14-16-8-10(21-14)3-2-6-18/h4-5,7-8,18H,6H2,1H3,(H,16,17,19). The number of nitrogens with one attached hydrogen (secondary N) is 1. The van der Waals surface area contributed by atoms with Gasteiger partial charge in [-0.2, -0.15) is 0 Å². The fraction of sp³-hybridized carbons (Fsp3) is 0.143. The highest BCUT2D eigenvalue weighted by Gasteiger charge is 2.12. The van der Waals surface area contributed by atoms with Gasteiger partial charge in [-0.1, -0.05) is 23.2 Å². The number of anilines is 1. The smallest absolute Gasteiger partial charge is 0.257 e. The maximum atomic E-state index is 13.3. The molecule has 0 aliphatic rings. The molecule has 108 valence electrons. The lowest BCUT2D eigenvalue weighted by Crippen LogP contribution is -2.11. The number of aliphatic hydroxyl groups excluding tert-OH is 1. The SMILES string of the molecule is COc1cc(C(=O)Nc2ncc(C#CCO)s2)ccc1F. The molecule has 1 aromatic carbocycles. The number of aromatic nitrogens is 1. The van der Waals surface area contributed by atoms with Gasteiger partial charge in [0.15, 0.2) is 16.7 Å². The lowest BCUT2D eigenvalue weighted by atomic mass is 10.2. The molecular formula is C14H11FN2O3S. The van der Waals surface area contributed by atoms with Crippen LogP contribution in [0.1, 0.15) is 15.2 Å². The first-order valence-corrected chi connectivity index (χ1v) is 6.66. The number of benzene rings is 1. The maximum absolute atomic E-state index is 13.3. The van der Waals surface area contributed by atoms with Gasteiger partial charge >= 0.3 is 0 Å². The van der Waals surface area contributed by atoms with E-state index in [0.29, 0.717) is 10.0 Å². The number of aliphatic hydroxyl groups is 1. The van der Waals surface area contributed by atoms with Crippen LogP contribution < -0.4 is 10.1 Å². The van der Waals surface area contributed by atoms with E-state index in [9.17, 15) is 9.18 Å². The van der Waals surface area contributed by atoms with E-state index in [1.165, 1.54) is 36.8 Å². The number of amides is 1. The lowest BCUT2D eigenvalue weighted by molar-refractivity contribution is 0.102. The molecule has 0 fully saturated rings. The molecule has 0 aliphatic heterocycles. The molecule has 1 heterocycles. The summed E-state index contributed by atoms with van der Waals surface area (Å²) in [7, 11) is 1.33. The zero-order chi connectivity index (χ0) is 15.2. The predicted molar refractivity (Wildman–Crippen MR) is 77.0 cm³/mol. The normalized spacial score (nSPS) is 9.67. The summed E-state index contributed by atoms with van der Waals surface area (Å²) in [6, 6.07) is 3.83. The highest BCUT2D eigenvalue weighted by atomic mass is 32.1. The van der Waals surface area contributed by atoms with E-state index >= 15 is 0 Å². The molecule has 0 unspecified atom stereocenters. The van der Waals surface area contributed by atoms with E-state index in [-0.39, 0.29) is 17.9 Å². The van der Waals surface area contributed by atoms with Crippen molar-refractivity contribution in [3.05, 3.63) is 40.7 Å². The van der Waals surface area contributed by atoms with Crippen LogP contribution in [-0.2, 0) is 0 Å². The predicted octanol–water partition coefficient (Wildman–Crippen LogP) is 1.89. The second-order valence-corrected chi connectivity index (χ2v) is 4.82. The van der Waals surface area contributed by atoms with Crippen LogP contribution in [0.3, 0.4) is 0 Å². The van der Waals surface area contributed by atoms with Crippen LogP contribution >= 0.6 is 11.3 Å². The van der Waals surface area contributed by atoms with Gasteiger partial charge in [-0.15, -0.1) is 0 Å². The average molecular weight is 306 g/mol. The largest absolute Gasteiger partial charge is 0.494 e. The Morgan fingerprint density at radius 2 is 2.38 bits per heavy atom. The van der Waals surface area contributed by atoms with Crippen molar-refractivity contribution in [2.75, 3.05) is 19.0 Å². The second-order valence-electron chi connectivity index (χ2n) is 3.79. The molecule has 0 atom stereocenters. The number of halogens is 1. The van der Waals surface area contributed by atoms with E-state index in [1.54, 1.807) is 0 Å². The molecule has 0 aliphatic carbocycles. The van der Waals surface area contributed by atoms with Crippen LogP contribution in [0.2, 0.25) is 0 Å². The first-order chi connectivity index (χ1) is 10.1. The summed E-state index contributed by atoms with van der Waals surface area (Å²) in [5, 5.41) is 11.6. The van der Waals surface area contributed by atoms with Gasteiger partial charge in [0.2, 0.25) is 0 Å². The van der Waals surface area contributed by atoms with Crippen molar-refractivity contribution < 1.29 is 19.0 Å². The molecule has 0 spiro atoms. The minimum Gasteiger partial charge on any atom is -0.494 e. The molecule has 0 saturated carbocycles. The monoisotopic (exact) mass is 306 g/mol. The Bertz CT molecular complexity index is 718. The number of carbonyl (C=O) groups excluding carboxylic acids is 1. The van der Waals surface area contributed by atoms with Crippen LogP contribution in [0.5, 0.6) is 5.75 Å². The van der Waals surface area contributed by atoms with E-state index in [4.69, 9.17) is 9.84 Å². The molecule has 0 saturated heterocycles. The van der Waals surface area contributed by atoms with E-state index < -0.39 is 11.7 Å². The van der Waals surface area contributed by atoms with E-state index in [2.05, 4.69) is 22.1 Å². The molecule has 2 rings (SSSR count). The van der Waals surface area contributed by atoms with Gasteiger partial charge in [-0.3, -0.25) is 10.1 Å². The Labute approximate surface area is 124 Å². The summed E-state index contributed by atoms with van der Waals surface area (Å²) in [5.74, 6) is 4.21. The van der Waals surface area contributed by atoms with Gasteiger partial charge in [-0.25, -0.2) is 9.37 Å². The number of hydrogen-bond acceptors (Lipinski definition) is 5. The van der Waals surface area contributed by atoms with Gasteiger partial charge in [0, 0.05) is 5.56 Å². The van der Waals surface area contributed by atoms with Crippen LogP contribution in [0.4, 0.5) is 9.52 Å². The number of hydrogen-bond donors (Lipinski definition) is 2. The first-order valence-electron chi connectivity index (χ1n) is 5.84. The van der Waals surface area contributed by atoms with Crippen LogP contribution in [0.25, 0.3) is 0 Å². The Morgan fingerprint density at radius 1 is 1.57 bits per heavy atom. The summed E-state index contributed by atoms with van der Waals surface area (Å²) in [5.41, 5.74) is 0.256. The van der Waals surface area contributed by atoms with Crippen molar-refractivity contribution in [3.8, 4) is 17.6 Å². The molecule has 5 nitrogen and oxygen atoms in total. The summed E-state index contributed by atoms with van der Waals surface area (Å²) in [6.07, 6.45) is 1.49. The third kappa shape index (κ3) is 3.78. The number of nitrogens with zero attached hydrogens (tertiary/aromatic N) is 1. The number of carbonyl (C=O) groups is 1. The third-order valence-corrected chi connectivity index (χ3v) is 3.26. The third-order valence-electron chi connectivity index (χ3n) is 2.43. The number of ether oxygens (including phenoxy) is 1. The molecule has 2 N–H and O–H groups in total. The number of thiazole rings is 1. The van der Waals surface area contributed by atoms with Crippen LogP contribution in [0.15, 0.2) is 24.4 Å². The fourth-order valence-corrected chi connectivity index (χ4v) is 2.17. The van der Waals surface area contributed by atoms with Crippen LogP contribution in [-0.4, -0.2) is 29.7 Å². The Balaban J connectivity index is 2.12. The highest BCUT2D eigenvalue weighted by Crippen LogP contribution is 2.21. The van der Waals surface area contributed by atoms with Crippen molar-refractivity contribution in [1.29, 1.82) is 0 Å². The van der Waals surface area contributed by atoms with Crippen molar-refractivity contribution in [2.45, 2.75) is 0 Å². The molecule has 7 heteroatoms. The molecular weight excluding hydrogens is 295 g/mol. The van der Waals surface area contributed by atoms with Crippen LogP contribution in [0, 0.1) is 17.7 Å². The Morgan fingerprint density at radius 3 is 3.10 bits per heavy atom. The quantitative estimate of drug-likeness (QED) is 0.850. The van der Waals surface area contributed by atoms with Gasteiger partial charge in [0.05, 0.1) is 18.2 Å². The van der Waals surface area contributed by atoms with E-state index in [1.807, 2.05) is 0 Å². The summed E-state index contributed by atoms with van der Waals surface area (Å²) >= 11 is 1.18. The summed E-state index contributed by atoms with van der Waals surface area (Å²) < 4.78 is 18.1. The average Bonchev–Trinajstić information content (AvgIpc) is 2.93. The molecule has 0 radical (unpaired) electrons. The Hall–Kier alpha value is -2.43. The van der Waals surface area contributed by atoms with Crippen molar-refractivity contribution >= 4 is 22.4 Å². The molecule has 1 aromatic heterocycles. The lowest BCUT2D eigenvalue weighted by Gasteiger charge is -2.05. The van der Waals surface area contributed by atoms with Crippen molar-refractivity contribution in [2.24, 2.45) is 0 Å². The maximum Gasteiger partial charge on any atom is 0.257 e. The summed E-state index contributed by atoms with van der Waals surface area (Å²) in [4.78, 5) is 16.6. The zero-order valence-electron chi connectivity index (χ0n) is 11.0. The minimum absolute atomic E-state index is 0.00343. The van der Waals surface area contributed by atoms with Gasteiger partial charge in [0.1, 0.15) is 6.61 Å². The van der Waals surface area contributed by atoms with Gasteiger partial charge < -0.3 is 9.84 Å². The zero-order valence-corrected chi connectivity index (χ0v) is 11.8. The first kappa shape index (κ1) is 15.0. The fourth-order valence-electron chi connectivity index (χ4n) is 1.49. The molecule has 1 amide bonds. The number of rotatable bonds is 3. The summed E-state index contributed by atoms with van der Waals surface area (Å²) in [6.45, 7) is -0.241. The molecule has 21 heavy (non-hydrogen) atoms. The Kier molecular flexibility index (Phi) is 4.87. The van der Waals surface area contributed by atoms with Crippen molar-refractivity contribution in [1.82, 2.24) is 4.98 Å². The van der Waals surface area contributed by atoms with Gasteiger partial charge in [0.25, 0.3) is 5.91 Å². The topological polar surface area (TPSA) is 71.5 Å². The highest BCUT2D eigenvalue weighted by molar-refractivity contribution is 7.16. The molecule has 0 bridgehead atoms. The minimum atomic E-state index is -0.537. The number of methoxy groups -OCH3 is 1. The van der Waals surface area contributed by atoms with Gasteiger partial charge in [-0.05, 0) is 18.2 Å². The van der Waals surface area contributed by atoms with E-state index in [0.717, 1.165) is 6.07 Å². The molecule has 2 aromatic rings. The van der Waals surface area contributed by atoms with Crippen molar-refractivity contribution in [3.63, 3.8) is 0 Å². The second kappa shape index (κ2) is 6.83.